The average Bonchev–Trinajstić information content (AvgIpc) is 2.29. The molecule has 0 aliphatic carbocycles. The van der Waals surface area contributed by atoms with Crippen molar-refractivity contribution in [1.82, 2.24) is 5.32 Å². The van der Waals surface area contributed by atoms with Crippen molar-refractivity contribution in [2.45, 2.75) is 18.2 Å². The second-order valence-corrected chi connectivity index (χ2v) is 6.48. The minimum Gasteiger partial charge on any atom is -0.497 e. The highest BCUT2D eigenvalue weighted by molar-refractivity contribution is 7.91. The molecule has 0 saturated carbocycles. The summed E-state index contributed by atoms with van der Waals surface area (Å²) in [6.45, 7) is 1.70. The van der Waals surface area contributed by atoms with Crippen LogP contribution in [0.3, 0.4) is 0 Å². The Hall–Kier alpha value is -1.07. The van der Waals surface area contributed by atoms with Crippen LogP contribution in [0, 0.1) is 0 Å². The number of benzene rings is 1. The van der Waals surface area contributed by atoms with Crippen LogP contribution in [0.5, 0.6) is 5.75 Å². The van der Waals surface area contributed by atoms with Crippen molar-refractivity contribution in [2.24, 2.45) is 0 Å². The number of ether oxygens (including phenoxy) is 1. The van der Waals surface area contributed by atoms with Gasteiger partial charge in [-0.3, -0.25) is 0 Å². The molecule has 0 bridgehead atoms. The Morgan fingerprint density at radius 1 is 1.35 bits per heavy atom. The summed E-state index contributed by atoms with van der Waals surface area (Å²) in [6.07, 6.45) is 1.25. The predicted octanol–water partition coefficient (Wildman–Crippen LogP) is 1.39. The summed E-state index contributed by atoms with van der Waals surface area (Å²) in [7, 11) is 0.261. The van der Waals surface area contributed by atoms with E-state index in [4.69, 9.17) is 4.74 Å². The van der Waals surface area contributed by atoms with E-state index in [9.17, 15) is 8.42 Å². The third-order valence-electron chi connectivity index (χ3n) is 2.91. The van der Waals surface area contributed by atoms with Gasteiger partial charge in [-0.15, -0.1) is 0 Å². The fourth-order valence-corrected chi connectivity index (χ4v) is 2.54. The molecule has 96 valence electrons. The number of rotatable bonds is 5. The minimum atomic E-state index is -3.09. The van der Waals surface area contributed by atoms with E-state index in [-0.39, 0.29) is 6.04 Å². The Labute approximate surface area is 103 Å². The molecule has 1 rings (SSSR count). The highest BCUT2D eigenvalue weighted by Gasteiger charge is 2.26. The van der Waals surface area contributed by atoms with Crippen molar-refractivity contribution in [3.05, 3.63) is 29.8 Å². The SMILES string of the molecule is CNC(c1cccc(OC)c1)C(C)S(C)(=O)=O. The van der Waals surface area contributed by atoms with Gasteiger partial charge in [-0.25, -0.2) is 8.42 Å². The molecule has 0 amide bonds. The van der Waals surface area contributed by atoms with E-state index < -0.39 is 15.1 Å². The lowest BCUT2D eigenvalue weighted by Crippen LogP contribution is -2.32. The van der Waals surface area contributed by atoms with Crippen LogP contribution in [-0.2, 0) is 9.84 Å². The van der Waals surface area contributed by atoms with Crippen molar-refractivity contribution >= 4 is 9.84 Å². The highest BCUT2D eigenvalue weighted by Crippen LogP contribution is 2.24. The Morgan fingerprint density at radius 3 is 2.47 bits per heavy atom. The molecule has 17 heavy (non-hydrogen) atoms. The lowest BCUT2D eigenvalue weighted by atomic mass is 10.0. The molecule has 0 aliphatic rings. The van der Waals surface area contributed by atoms with Gasteiger partial charge < -0.3 is 10.1 Å². The summed E-state index contributed by atoms with van der Waals surface area (Å²) >= 11 is 0. The first-order valence-electron chi connectivity index (χ1n) is 5.40. The van der Waals surface area contributed by atoms with E-state index in [1.165, 1.54) is 6.26 Å². The van der Waals surface area contributed by atoms with Gasteiger partial charge in [0.25, 0.3) is 0 Å². The van der Waals surface area contributed by atoms with Crippen molar-refractivity contribution in [2.75, 3.05) is 20.4 Å². The van der Waals surface area contributed by atoms with Crippen molar-refractivity contribution < 1.29 is 13.2 Å². The molecule has 1 aromatic carbocycles. The molecule has 2 unspecified atom stereocenters. The lowest BCUT2D eigenvalue weighted by molar-refractivity contribution is 0.413. The normalized spacial score (nSPS) is 15.3. The molecule has 0 aromatic heterocycles. The molecule has 5 heteroatoms. The zero-order chi connectivity index (χ0) is 13.1. The zero-order valence-electron chi connectivity index (χ0n) is 10.6. The molecular formula is C12H19NO3S. The number of hydrogen-bond donors (Lipinski definition) is 1. The standard InChI is InChI=1S/C12H19NO3S/c1-9(17(4,14)15)12(13-2)10-6-5-7-11(8-10)16-3/h5-9,12-13H,1-4H3. The van der Waals surface area contributed by atoms with Gasteiger partial charge in [0.1, 0.15) is 5.75 Å². The summed E-state index contributed by atoms with van der Waals surface area (Å²) in [5, 5.41) is 2.55. The first-order valence-corrected chi connectivity index (χ1v) is 7.35. The van der Waals surface area contributed by atoms with Crippen LogP contribution < -0.4 is 10.1 Å². The highest BCUT2D eigenvalue weighted by atomic mass is 32.2. The number of hydrogen-bond acceptors (Lipinski definition) is 4. The smallest absolute Gasteiger partial charge is 0.151 e. The molecule has 1 aromatic rings. The van der Waals surface area contributed by atoms with Crippen molar-refractivity contribution in [1.29, 1.82) is 0 Å². The van der Waals surface area contributed by atoms with Crippen LogP contribution in [0.25, 0.3) is 0 Å². The maximum Gasteiger partial charge on any atom is 0.151 e. The summed E-state index contributed by atoms with van der Waals surface area (Å²) in [4.78, 5) is 0. The van der Waals surface area contributed by atoms with Crippen molar-refractivity contribution in [3.8, 4) is 5.75 Å². The van der Waals surface area contributed by atoms with Gasteiger partial charge in [0.2, 0.25) is 0 Å². The quantitative estimate of drug-likeness (QED) is 0.866. The van der Waals surface area contributed by atoms with Crippen LogP contribution >= 0.6 is 0 Å². The minimum absolute atomic E-state index is 0.236. The van der Waals surface area contributed by atoms with Gasteiger partial charge in [0.15, 0.2) is 9.84 Å². The monoisotopic (exact) mass is 257 g/mol. The number of methoxy groups -OCH3 is 1. The Morgan fingerprint density at radius 2 is 2.00 bits per heavy atom. The molecule has 2 atom stereocenters. The van der Waals surface area contributed by atoms with E-state index in [0.29, 0.717) is 0 Å². The fourth-order valence-electron chi connectivity index (χ4n) is 1.75. The zero-order valence-corrected chi connectivity index (χ0v) is 11.4. The fraction of sp³-hybridized carbons (Fsp3) is 0.500. The second kappa shape index (κ2) is 5.51. The maximum absolute atomic E-state index is 11.6. The summed E-state index contributed by atoms with van der Waals surface area (Å²) < 4.78 is 28.3. The van der Waals surface area contributed by atoms with Crippen LogP contribution in [0.1, 0.15) is 18.5 Å². The third kappa shape index (κ3) is 3.44. The number of nitrogens with one attached hydrogen (secondary N) is 1. The second-order valence-electron chi connectivity index (χ2n) is 4.08. The molecule has 0 aliphatic heterocycles. The summed E-state index contributed by atoms with van der Waals surface area (Å²) in [5.74, 6) is 0.725. The topological polar surface area (TPSA) is 55.4 Å². The summed E-state index contributed by atoms with van der Waals surface area (Å²) in [6, 6.07) is 7.20. The Balaban J connectivity index is 3.09. The van der Waals surface area contributed by atoms with Gasteiger partial charge in [-0.1, -0.05) is 12.1 Å². The molecule has 0 saturated heterocycles. The Bertz CT molecular complexity index is 470. The van der Waals surface area contributed by atoms with E-state index in [1.54, 1.807) is 21.1 Å². The molecule has 0 fully saturated rings. The predicted molar refractivity (Wildman–Crippen MR) is 69.1 cm³/mol. The summed E-state index contributed by atoms with van der Waals surface area (Å²) in [5.41, 5.74) is 0.907. The third-order valence-corrected chi connectivity index (χ3v) is 4.53. The van der Waals surface area contributed by atoms with E-state index in [1.807, 2.05) is 24.3 Å². The van der Waals surface area contributed by atoms with Crippen LogP contribution in [0.15, 0.2) is 24.3 Å². The molecule has 0 spiro atoms. The van der Waals surface area contributed by atoms with Gasteiger partial charge in [-0.2, -0.15) is 0 Å². The first kappa shape index (κ1) is 14.0. The molecule has 0 radical (unpaired) electrons. The van der Waals surface area contributed by atoms with Gasteiger partial charge in [0.05, 0.1) is 12.4 Å². The average molecular weight is 257 g/mol. The molecule has 1 N–H and O–H groups in total. The maximum atomic E-state index is 11.6. The molecular weight excluding hydrogens is 238 g/mol. The van der Waals surface area contributed by atoms with Crippen LogP contribution in [0.4, 0.5) is 0 Å². The lowest BCUT2D eigenvalue weighted by Gasteiger charge is -2.23. The van der Waals surface area contributed by atoms with Crippen LogP contribution in [-0.4, -0.2) is 34.1 Å². The Kier molecular flexibility index (Phi) is 4.54. The van der Waals surface area contributed by atoms with E-state index in [0.717, 1.165) is 11.3 Å². The molecule has 4 nitrogen and oxygen atoms in total. The van der Waals surface area contributed by atoms with E-state index in [2.05, 4.69) is 5.32 Å². The van der Waals surface area contributed by atoms with Gasteiger partial charge in [-0.05, 0) is 31.7 Å². The van der Waals surface area contributed by atoms with Crippen molar-refractivity contribution in [3.63, 3.8) is 0 Å². The first-order chi connectivity index (χ1) is 7.90. The molecule has 0 heterocycles. The van der Waals surface area contributed by atoms with Gasteiger partial charge in [0, 0.05) is 12.3 Å². The van der Waals surface area contributed by atoms with Crippen LogP contribution in [0.2, 0.25) is 0 Å². The number of sulfone groups is 1. The largest absolute Gasteiger partial charge is 0.497 e. The van der Waals surface area contributed by atoms with Gasteiger partial charge >= 0.3 is 0 Å². The van der Waals surface area contributed by atoms with E-state index >= 15 is 0 Å².